The molecule has 16 heavy (non-hydrogen) atoms. The van der Waals surface area contributed by atoms with E-state index in [1.807, 2.05) is 38.1 Å². The lowest BCUT2D eigenvalue weighted by atomic mass is 10.1. The van der Waals surface area contributed by atoms with E-state index in [0.29, 0.717) is 0 Å². The quantitative estimate of drug-likeness (QED) is 0.865. The van der Waals surface area contributed by atoms with Crippen LogP contribution < -0.4 is 5.73 Å². The Bertz CT molecular complexity index is 349. The summed E-state index contributed by atoms with van der Waals surface area (Å²) in [5.74, 6) is -0.254. The fourth-order valence-corrected chi connectivity index (χ4v) is 1.37. The van der Waals surface area contributed by atoms with E-state index < -0.39 is 6.04 Å². The Labute approximate surface area is 104 Å². The van der Waals surface area contributed by atoms with Crippen molar-refractivity contribution in [3.63, 3.8) is 0 Å². The van der Waals surface area contributed by atoms with E-state index in [-0.39, 0.29) is 18.5 Å². The summed E-state index contributed by atoms with van der Waals surface area (Å²) in [4.78, 5) is 11.5. The minimum atomic E-state index is -0.546. The SMILES string of the molecule is CC(C)[C@H](N)C(=O)OCc1ccc(Br)cc1. The Morgan fingerprint density at radius 1 is 1.38 bits per heavy atom. The van der Waals surface area contributed by atoms with Gasteiger partial charge in [-0.2, -0.15) is 0 Å². The fraction of sp³-hybridized carbons (Fsp3) is 0.417. The molecule has 0 bridgehead atoms. The van der Waals surface area contributed by atoms with Gasteiger partial charge < -0.3 is 10.5 Å². The molecule has 4 heteroatoms. The summed E-state index contributed by atoms with van der Waals surface area (Å²) < 4.78 is 6.11. The zero-order chi connectivity index (χ0) is 12.1. The molecule has 3 nitrogen and oxygen atoms in total. The lowest BCUT2D eigenvalue weighted by Gasteiger charge is -2.14. The normalized spacial score (nSPS) is 12.6. The molecule has 0 aliphatic rings. The number of carbonyl (C=O) groups excluding carboxylic acids is 1. The Morgan fingerprint density at radius 2 is 1.94 bits per heavy atom. The summed E-state index contributed by atoms with van der Waals surface area (Å²) >= 11 is 3.34. The molecule has 0 saturated carbocycles. The highest BCUT2D eigenvalue weighted by Crippen LogP contribution is 2.11. The molecule has 1 atom stereocenters. The summed E-state index contributed by atoms with van der Waals surface area (Å²) in [6.45, 7) is 4.06. The number of esters is 1. The van der Waals surface area contributed by atoms with Gasteiger partial charge in [0.05, 0.1) is 0 Å². The number of benzene rings is 1. The van der Waals surface area contributed by atoms with Crippen LogP contribution in [0.15, 0.2) is 28.7 Å². The Kier molecular flexibility index (Phi) is 4.96. The largest absolute Gasteiger partial charge is 0.460 e. The smallest absolute Gasteiger partial charge is 0.323 e. The highest BCUT2D eigenvalue weighted by molar-refractivity contribution is 9.10. The molecule has 0 unspecified atom stereocenters. The molecule has 1 aromatic carbocycles. The molecule has 0 radical (unpaired) electrons. The van der Waals surface area contributed by atoms with Crippen molar-refractivity contribution in [3.05, 3.63) is 34.3 Å². The van der Waals surface area contributed by atoms with Crippen molar-refractivity contribution in [2.24, 2.45) is 11.7 Å². The van der Waals surface area contributed by atoms with Crippen molar-refractivity contribution in [3.8, 4) is 0 Å². The average Bonchev–Trinajstić information content (AvgIpc) is 2.26. The third kappa shape index (κ3) is 3.94. The average molecular weight is 286 g/mol. The number of nitrogens with two attached hydrogens (primary N) is 1. The van der Waals surface area contributed by atoms with Crippen molar-refractivity contribution >= 4 is 21.9 Å². The number of halogens is 1. The van der Waals surface area contributed by atoms with Gasteiger partial charge in [0.1, 0.15) is 12.6 Å². The van der Waals surface area contributed by atoms with E-state index in [4.69, 9.17) is 10.5 Å². The van der Waals surface area contributed by atoms with Gasteiger partial charge in [0, 0.05) is 4.47 Å². The first-order valence-electron chi connectivity index (χ1n) is 5.17. The summed E-state index contributed by atoms with van der Waals surface area (Å²) in [6.07, 6.45) is 0. The second kappa shape index (κ2) is 6.01. The maximum absolute atomic E-state index is 11.5. The van der Waals surface area contributed by atoms with Crippen molar-refractivity contribution in [2.75, 3.05) is 0 Å². The molecule has 0 saturated heterocycles. The van der Waals surface area contributed by atoms with E-state index in [1.165, 1.54) is 0 Å². The van der Waals surface area contributed by atoms with Crippen LogP contribution in [0, 0.1) is 5.92 Å². The molecule has 0 fully saturated rings. The number of carbonyl (C=O) groups is 1. The minimum Gasteiger partial charge on any atom is -0.460 e. The molecule has 0 aromatic heterocycles. The lowest BCUT2D eigenvalue weighted by Crippen LogP contribution is -2.36. The van der Waals surface area contributed by atoms with Crippen molar-refractivity contribution in [1.29, 1.82) is 0 Å². The highest BCUT2D eigenvalue weighted by atomic mass is 79.9. The number of rotatable bonds is 4. The van der Waals surface area contributed by atoms with Gasteiger partial charge in [0.2, 0.25) is 0 Å². The van der Waals surface area contributed by atoms with Crippen LogP contribution in [0.1, 0.15) is 19.4 Å². The van der Waals surface area contributed by atoms with Crippen LogP contribution in [0.3, 0.4) is 0 Å². The van der Waals surface area contributed by atoms with Gasteiger partial charge in [-0.05, 0) is 23.6 Å². The highest BCUT2D eigenvalue weighted by Gasteiger charge is 2.18. The van der Waals surface area contributed by atoms with Crippen LogP contribution in [0.5, 0.6) is 0 Å². The minimum absolute atomic E-state index is 0.0948. The van der Waals surface area contributed by atoms with Crippen LogP contribution in [-0.4, -0.2) is 12.0 Å². The summed E-state index contributed by atoms with van der Waals surface area (Å²) in [7, 11) is 0. The van der Waals surface area contributed by atoms with Gasteiger partial charge in [0.15, 0.2) is 0 Å². The number of hydrogen-bond donors (Lipinski definition) is 1. The Hall–Kier alpha value is -0.870. The molecule has 0 aliphatic carbocycles. The maximum Gasteiger partial charge on any atom is 0.323 e. The first-order valence-corrected chi connectivity index (χ1v) is 5.96. The van der Waals surface area contributed by atoms with Crippen molar-refractivity contribution in [1.82, 2.24) is 0 Å². The van der Waals surface area contributed by atoms with Crippen LogP contribution >= 0.6 is 15.9 Å². The molecular formula is C12H16BrNO2. The molecular weight excluding hydrogens is 270 g/mol. The van der Waals surface area contributed by atoms with Gasteiger partial charge in [-0.3, -0.25) is 4.79 Å². The number of hydrogen-bond acceptors (Lipinski definition) is 3. The van der Waals surface area contributed by atoms with Gasteiger partial charge in [-0.25, -0.2) is 0 Å². The zero-order valence-electron chi connectivity index (χ0n) is 9.44. The molecule has 0 amide bonds. The zero-order valence-corrected chi connectivity index (χ0v) is 11.0. The van der Waals surface area contributed by atoms with Crippen molar-refractivity contribution in [2.45, 2.75) is 26.5 Å². The Balaban J connectivity index is 2.46. The topological polar surface area (TPSA) is 52.3 Å². The van der Waals surface area contributed by atoms with E-state index in [1.54, 1.807) is 0 Å². The first-order chi connectivity index (χ1) is 7.50. The van der Waals surface area contributed by atoms with E-state index in [2.05, 4.69) is 15.9 Å². The summed E-state index contributed by atoms with van der Waals surface area (Å²) in [5.41, 5.74) is 6.62. The molecule has 2 N–H and O–H groups in total. The van der Waals surface area contributed by atoms with Gasteiger partial charge >= 0.3 is 5.97 Å². The maximum atomic E-state index is 11.5. The molecule has 88 valence electrons. The second-order valence-electron chi connectivity index (χ2n) is 4.00. The fourth-order valence-electron chi connectivity index (χ4n) is 1.10. The third-order valence-electron chi connectivity index (χ3n) is 2.28. The monoisotopic (exact) mass is 285 g/mol. The van der Waals surface area contributed by atoms with E-state index >= 15 is 0 Å². The first kappa shape index (κ1) is 13.2. The third-order valence-corrected chi connectivity index (χ3v) is 2.81. The van der Waals surface area contributed by atoms with Crippen LogP contribution in [0.25, 0.3) is 0 Å². The van der Waals surface area contributed by atoms with Gasteiger partial charge in [-0.1, -0.05) is 41.9 Å². The molecule has 0 heterocycles. The van der Waals surface area contributed by atoms with Gasteiger partial charge in [-0.15, -0.1) is 0 Å². The van der Waals surface area contributed by atoms with Crippen LogP contribution in [-0.2, 0) is 16.1 Å². The predicted octanol–water partition coefficient (Wildman–Crippen LogP) is 2.48. The molecule has 1 rings (SSSR count). The molecule has 0 spiro atoms. The van der Waals surface area contributed by atoms with Crippen LogP contribution in [0.2, 0.25) is 0 Å². The standard InChI is InChI=1S/C12H16BrNO2/c1-8(2)11(14)12(15)16-7-9-3-5-10(13)6-4-9/h3-6,8,11H,7,14H2,1-2H3/t11-/m0/s1. The molecule has 0 aliphatic heterocycles. The Morgan fingerprint density at radius 3 is 2.44 bits per heavy atom. The summed E-state index contributed by atoms with van der Waals surface area (Å²) in [6, 6.07) is 7.07. The van der Waals surface area contributed by atoms with Crippen molar-refractivity contribution < 1.29 is 9.53 Å². The van der Waals surface area contributed by atoms with E-state index in [9.17, 15) is 4.79 Å². The second-order valence-corrected chi connectivity index (χ2v) is 4.92. The van der Waals surface area contributed by atoms with Gasteiger partial charge in [0.25, 0.3) is 0 Å². The lowest BCUT2D eigenvalue weighted by molar-refractivity contribution is -0.147. The number of ether oxygens (including phenoxy) is 1. The predicted molar refractivity (Wildman–Crippen MR) is 66.8 cm³/mol. The molecule has 1 aromatic rings. The summed E-state index contributed by atoms with van der Waals surface area (Å²) in [5, 5.41) is 0. The van der Waals surface area contributed by atoms with E-state index in [0.717, 1.165) is 10.0 Å². The van der Waals surface area contributed by atoms with Crippen LogP contribution in [0.4, 0.5) is 0 Å².